The van der Waals surface area contributed by atoms with Gasteiger partial charge in [-0.2, -0.15) is 0 Å². The van der Waals surface area contributed by atoms with Crippen LogP contribution in [-0.2, 0) is 0 Å². The molecule has 88 valence electrons. The van der Waals surface area contributed by atoms with Gasteiger partial charge in [-0.3, -0.25) is 9.97 Å². The van der Waals surface area contributed by atoms with Crippen LogP contribution >= 0.6 is 11.6 Å². The highest BCUT2D eigenvalue weighted by Gasteiger charge is 2.10. The summed E-state index contributed by atoms with van der Waals surface area (Å²) in [5, 5.41) is 3.79. The maximum atomic E-state index is 5.73. The van der Waals surface area contributed by atoms with E-state index in [2.05, 4.69) is 20.3 Å². The van der Waals surface area contributed by atoms with Crippen LogP contribution in [0.5, 0.6) is 0 Å². The summed E-state index contributed by atoms with van der Waals surface area (Å²) in [6, 6.07) is 3.71. The normalized spacial score (nSPS) is 12.2. The fraction of sp³-hybridized carbons (Fsp3) is 0.250. The molecule has 0 fully saturated rings. The minimum absolute atomic E-state index is 0.0756. The van der Waals surface area contributed by atoms with Gasteiger partial charge >= 0.3 is 0 Å². The van der Waals surface area contributed by atoms with E-state index >= 15 is 0 Å². The van der Waals surface area contributed by atoms with Crippen molar-refractivity contribution in [1.82, 2.24) is 15.0 Å². The van der Waals surface area contributed by atoms with Crippen LogP contribution < -0.4 is 5.32 Å². The number of aromatic nitrogens is 3. The predicted octanol–water partition coefficient (Wildman–Crippen LogP) is 3.01. The van der Waals surface area contributed by atoms with E-state index in [9.17, 15) is 0 Å². The third kappa shape index (κ3) is 2.91. The average Bonchev–Trinajstić information content (AvgIpc) is 2.32. The lowest BCUT2D eigenvalue weighted by Crippen LogP contribution is -2.11. The zero-order valence-corrected chi connectivity index (χ0v) is 10.4. The quantitative estimate of drug-likeness (QED) is 0.849. The van der Waals surface area contributed by atoms with Crippen molar-refractivity contribution in [2.45, 2.75) is 19.9 Å². The lowest BCUT2D eigenvalue weighted by Gasteiger charge is -2.15. The van der Waals surface area contributed by atoms with E-state index in [1.807, 2.05) is 19.9 Å². The van der Waals surface area contributed by atoms with Gasteiger partial charge in [0.05, 0.1) is 29.3 Å². The molecule has 2 aromatic rings. The molecule has 5 heteroatoms. The van der Waals surface area contributed by atoms with E-state index in [-0.39, 0.29) is 6.04 Å². The van der Waals surface area contributed by atoms with E-state index in [1.54, 1.807) is 24.7 Å². The molecule has 0 aromatic carbocycles. The number of nitrogens with zero attached hydrogens (tertiary/aromatic N) is 3. The van der Waals surface area contributed by atoms with Gasteiger partial charge in [-0.05, 0) is 26.0 Å². The van der Waals surface area contributed by atoms with Gasteiger partial charge in [0.25, 0.3) is 0 Å². The molecule has 2 heterocycles. The summed E-state index contributed by atoms with van der Waals surface area (Å²) < 4.78 is 0. The predicted molar refractivity (Wildman–Crippen MR) is 68.1 cm³/mol. The van der Waals surface area contributed by atoms with Crippen LogP contribution in [0.2, 0.25) is 5.15 Å². The van der Waals surface area contributed by atoms with Crippen LogP contribution in [0.1, 0.15) is 24.4 Å². The largest absolute Gasteiger partial charge is 0.376 e. The first-order valence-corrected chi connectivity index (χ1v) is 5.70. The number of hydrogen-bond acceptors (Lipinski definition) is 4. The monoisotopic (exact) mass is 248 g/mol. The Morgan fingerprint density at radius 1 is 1.18 bits per heavy atom. The van der Waals surface area contributed by atoms with Crippen molar-refractivity contribution in [3.8, 4) is 0 Å². The third-order valence-electron chi connectivity index (χ3n) is 2.44. The van der Waals surface area contributed by atoms with E-state index in [0.717, 1.165) is 17.1 Å². The van der Waals surface area contributed by atoms with Gasteiger partial charge in [-0.25, -0.2) is 4.98 Å². The van der Waals surface area contributed by atoms with Crippen LogP contribution in [0.3, 0.4) is 0 Å². The van der Waals surface area contributed by atoms with Crippen LogP contribution in [0.25, 0.3) is 0 Å². The molecule has 1 N–H and O–H groups in total. The second-order valence-electron chi connectivity index (χ2n) is 3.76. The molecule has 0 radical (unpaired) electrons. The highest BCUT2D eigenvalue weighted by atomic mass is 35.5. The minimum atomic E-state index is 0.0756. The number of aryl methyl sites for hydroxylation is 1. The zero-order valence-electron chi connectivity index (χ0n) is 9.68. The molecule has 2 rings (SSSR count). The lowest BCUT2D eigenvalue weighted by atomic mass is 10.2. The maximum absolute atomic E-state index is 5.73. The summed E-state index contributed by atoms with van der Waals surface area (Å²) in [6.07, 6.45) is 5.08. The van der Waals surface area contributed by atoms with Crippen molar-refractivity contribution in [2.75, 3.05) is 5.32 Å². The topological polar surface area (TPSA) is 50.7 Å². The zero-order chi connectivity index (χ0) is 12.3. The molecule has 0 aliphatic heterocycles. The van der Waals surface area contributed by atoms with E-state index in [4.69, 9.17) is 11.6 Å². The SMILES string of the molecule is Cc1nccnc1C(C)Nc1ccc(Cl)nc1. The van der Waals surface area contributed by atoms with Crippen molar-refractivity contribution < 1.29 is 0 Å². The Kier molecular flexibility index (Phi) is 3.54. The summed E-state index contributed by atoms with van der Waals surface area (Å²) in [5.74, 6) is 0. The van der Waals surface area contributed by atoms with E-state index in [0.29, 0.717) is 5.15 Å². The Morgan fingerprint density at radius 3 is 2.59 bits per heavy atom. The molecule has 0 aliphatic rings. The molecule has 0 saturated carbocycles. The molecule has 4 nitrogen and oxygen atoms in total. The first-order chi connectivity index (χ1) is 8.16. The third-order valence-corrected chi connectivity index (χ3v) is 2.66. The first-order valence-electron chi connectivity index (χ1n) is 5.32. The Bertz CT molecular complexity index is 498. The highest BCUT2D eigenvalue weighted by Crippen LogP contribution is 2.19. The van der Waals surface area contributed by atoms with Crippen molar-refractivity contribution in [2.24, 2.45) is 0 Å². The molecule has 0 bridgehead atoms. The molecule has 0 aliphatic carbocycles. The number of halogens is 1. The Hall–Kier alpha value is -1.68. The summed E-state index contributed by atoms with van der Waals surface area (Å²) in [4.78, 5) is 12.6. The molecule has 17 heavy (non-hydrogen) atoms. The Balaban J connectivity index is 2.14. The van der Waals surface area contributed by atoms with E-state index < -0.39 is 0 Å². The van der Waals surface area contributed by atoms with Crippen molar-refractivity contribution in [1.29, 1.82) is 0 Å². The summed E-state index contributed by atoms with van der Waals surface area (Å²) in [5.41, 5.74) is 2.77. The van der Waals surface area contributed by atoms with Crippen LogP contribution in [0.15, 0.2) is 30.7 Å². The second-order valence-corrected chi connectivity index (χ2v) is 4.15. The molecule has 0 saturated heterocycles. The van der Waals surface area contributed by atoms with Crippen molar-refractivity contribution in [3.63, 3.8) is 0 Å². The average molecular weight is 249 g/mol. The second kappa shape index (κ2) is 5.10. The molecule has 0 amide bonds. The Labute approximate surface area is 105 Å². The summed E-state index contributed by atoms with van der Waals surface area (Å²) in [7, 11) is 0. The Morgan fingerprint density at radius 2 is 1.94 bits per heavy atom. The maximum Gasteiger partial charge on any atom is 0.129 e. The van der Waals surface area contributed by atoms with Crippen LogP contribution in [-0.4, -0.2) is 15.0 Å². The van der Waals surface area contributed by atoms with E-state index in [1.165, 1.54) is 0 Å². The molecular formula is C12H13ClN4. The van der Waals surface area contributed by atoms with Gasteiger partial charge in [0.1, 0.15) is 5.15 Å². The lowest BCUT2D eigenvalue weighted by molar-refractivity contribution is 0.809. The van der Waals surface area contributed by atoms with Gasteiger partial charge in [-0.1, -0.05) is 11.6 Å². The van der Waals surface area contributed by atoms with Crippen LogP contribution in [0, 0.1) is 6.92 Å². The molecular weight excluding hydrogens is 236 g/mol. The van der Waals surface area contributed by atoms with Crippen LogP contribution in [0.4, 0.5) is 5.69 Å². The number of anilines is 1. The number of hydrogen-bond donors (Lipinski definition) is 1. The summed E-state index contributed by atoms with van der Waals surface area (Å²) in [6.45, 7) is 3.98. The highest BCUT2D eigenvalue weighted by molar-refractivity contribution is 6.29. The smallest absolute Gasteiger partial charge is 0.129 e. The number of rotatable bonds is 3. The summed E-state index contributed by atoms with van der Waals surface area (Å²) >= 11 is 5.73. The molecule has 1 unspecified atom stereocenters. The minimum Gasteiger partial charge on any atom is -0.376 e. The van der Waals surface area contributed by atoms with Gasteiger partial charge in [0.2, 0.25) is 0 Å². The fourth-order valence-corrected chi connectivity index (χ4v) is 1.73. The number of nitrogens with one attached hydrogen (secondary N) is 1. The molecule has 2 aromatic heterocycles. The fourth-order valence-electron chi connectivity index (χ4n) is 1.62. The van der Waals surface area contributed by atoms with Gasteiger partial charge < -0.3 is 5.32 Å². The number of pyridine rings is 1. The first kappa shape index (κ1) is 11.8. The molecule has 1 atom stereocenters. The molecule has 0 spiro atoms. The standard InChI is InChI=1S/C12H13ClN4/c1-8-12(15-6-5-14-8)9(2)17-10-3-4-11(13)16-7-10/h3-7,9,17H,1-2H3. The van der Waals surface area contributed by atoms with Gasteiger partial charge in [-0.15, -0.1) is 0 Å². The van der Waals surface area contributed by atoms with Crippen molar-refractivity contribution >= 4 is 17.3 Å². The van der Waals surface area contributed by atoms with Gasteiger partial charge in [0, 0.05) is 12.4 Å². The van der Waals surface area contributed by atoms with Gasteiger partial charge in [0.15, 0.2) is 0 Å². The van der Waals surface area contributed by atoms with Crippen molar-refractivity contribution in [3.05, 3.63) is 47.3 Å².